The van der Waals surface area contributed by atoms with E-state index >= 15 is 4.79 Å². The van der Waals surface area contributed by atoms with Crippen molar-refractivity contribution in [2.75, 3.05) is 31.4 Å². The molecule has 10 aliphatic rings. The Bertz CT molecular complexity index is 1720. The average Bonchev–Trinajstić information content (AvgIpc) is 3.69. The van der Waals surface area contributed by atoms with E-state index < -0.39 is 71.5 Å². The molecule has 7 bridgehead atoms. The first-order valence-corrected chi connectivity index (χ1v) is 25.6. The predicted octanol–water partition coefficient (Wildman–Crippen LogP) is 3.11. The van der Waals surface area contributed by atoms with Gasteiger partial charge in [-0.1, -0.05) is 53.3 Å². The summed E-state index contributed by atoms with van der Waals surface area (Å²) in [4.78, 5) is 30.4. The number of hydrogen-bond acceptors (Lipinski definition) is 13. The molecule has 2 spiro atoms. The summed E-state index contributed by atoms with van der Waals surface area (Å²) >= 11 is 0. The van der Waals surface area contributed by atoms with Crippen molar-refractivity contribution in [3.8, 4) is 0 Å². The molecule has 12 nitrogen and oxygen atoms in total. The number of aliphatic hydroxyl groups is 6. The van der Waals surface area contributed by atoms with Gasteiger partial charge < -0.3 is 45.4 Å². The zero-order valence-corrected chi connectivity index (χ0v) is 35.9. The van der Waals surface area contributed by atoms with E-state index in [2.05, 4.69) is 10.6 Å². The fraction of sp³-hybridized carbons (Fsp3) is 0.867. The molecular weight excluding hydrogens is 793 g/mol. The zero-order chi connectivity index (χ0) is 40.9. The lowest BCUT2D eigenvalue weighted by atomic mass is 9.44. The van der Waals surface area contributed by atoms with Gasteiger partial charge in [-0.25, -0.2) is 0 Å². The van der Waals surface area contributed by atoms with Crippen LogP contribution in [-0.2, 0) is 19.1 Å². The standard InChI is InChI=1S/C45H66N2O10S2/c48-20-25-5-1-4-24(14-25)15-26-16-31-37(51)29-7-2-8-32-36(29)38(52)44(31,34(50)17-26)22-58-59-23-47-35-18-30-27(19-46-35)9-10-28-6-3-12-43(28,30)33-11-13-42(21-49)41(54)45(33,55)39(53)40(56-32)57-42/h16-17,24-25,27-33,35-36,39-41,46-50,53-55H,1-15,18-23H2/p+1/t24?,25?,27?,28-,29?,30?,31-,32?,33-,35?,36?,39-,40+,41+,42-,43-,44-,45+/m0/s1. The number of ketones is 2. The van der Waals surface area contributed by atoms with E-state index in [1.165, 1.54) is 10.8 Å². The summed E-state index contributed by atoms with van der Waals surface area (Å²) < 4.78 is 13.3. The molecule has 0 aromatic rings. The third-order valence-electron chi connectivity index (χ3n) is 18.3. The normalized spacial score (nSPS) is 52.4. The van der Waals surface area contributed by atoms with E-state index in [-0.39, 0.29) is 53.1 Å². The lowest BCUT2D eigenvalue weighted by Crippen LogP contribution is -2.97. The van der Waals surface area contributed by atoms with Gasteiger partial charge in [0, 0.05) is 30.6 Å². The molecule has 9 fully saturated rings. The summed E-state index contributed by atoms with van der Waals surface area (Å²) in [7, 11) is 3.14. The van der Waals surface area contributed by atoms with E-state index in [1.54, 1.807) is 16.9 Å². The van der Waals surface area contributed by atoms with Gasteiger partial charge >= 0.3 is 0 Å². The summed E-state index contributed by atoms with van der Waals surface area (Å²) in [5.41, 5.74) is -4.52. The van der Waals surface area contributed by atoms with Crippen LogP contribution in [0.25, 0.3) is 0 Å². The molecule has 9 N–H and O–H groups in total. The van der Waals surface area contributed by atoms with Crippen molar-refractivity contribution in [1.29, 1.82) is 0 Å². The van der Waals surface area contributed by atoms with Crippen molar-refractivity contribution in [2.24, 2.45) is 64.1 Å². The van der Waals surface area contributed by atoms with E-state index in [1.807, 2.05) is 6.08 Å². The lowest BCUT2D eigenvalue weighted by molar-refractivity contribution is -0.713. The molecule has 10 rings (SSSR count). The number of Topliss-reactive ketones (excluding diaryl/α,β-unsaturated/α-hetero) is 2. The maximum Gasteiger partial charge on any atom is 0.187 e. The van der Waals surface area contributed by atoms with Crippen LogP contribution in [0.5, 0.6) is 0 Å². The molecule has 6 saturated carbocycles. The monoisotopic (exact) mass is 859 g/mol. The fourth-order valence-electron chi connectivity index (χ4n) is 15.7. The Morgan fingerprint density at radius 2 is 1.76 bits per heavy atom. The van der Waals surface area contributed by atoms with E-state index in [9.17, 15) is 35.4 Å². The molecule has 0 amide bonds. The minimum Gasteiger partial charge on any atom is -0.511 e. The maximum atomic E-state index is 15.5. The number of fused-ring (bicyclic) bond motifs is 3. The van der Waals surface area contributed by atoms with E-state index in [0.29, 0.717) is 62.2 Å². The minimum absolute atomic E-state index is 0.0703. The molecular formula is C45H67N2O10S2+. The number of rotatable bonds is 4. The molecule has 3 heterocycles. The van der Waals surface area contributed by atoms with Crippen LogP contribution < -0.4 is 10.6 Å². The third kappa shape index (κ3) is 6.32. The maximum absolute atomic E-state index is 15.5. The first-order chi connectivity index (χ1) is 28.5. The zero-order valence-electron chi connectivity index (χ0n) is 34.3. The molecule has 3 aliphatic heterocycles. The van der Waals surface area contributed by atoms with Crippen LogP contribution in [0, 0.1) is 64.1 Å². The Balaban J connectivity index is 1.03. The quantitative estimate of drug-likeness (QED) is 0.192. The summed E-state index contributed by atoms with van der Waals surface area (Å²) in [5.74, 6) is -0.709. The van der Waals surface area contributed by atoms with Gasteiger partial charge in [-0.2, -0.15) is 0 Å². The van der Waals surface area contributed by atoms with Crippen LogP contribution in [-0.4, -0.2) is 116 Å². The van der Waals surface area contributed by atoms with Crippen LogP contribution >= 0.6 is 21.6 Å². The summed E-state index contributed by atoms with van der Waals surface area (Å²) in [5, 5.41) is 77.4. The second-order valence-corrected chi connectivity index (χ2v) is 23.2. The molecule has 0 aromatic carbocycles. The van der Waals surface area contributed by atoms with Crippen LogP contribution in [0.15, 0.2) is 23.5 Å². The number of carbonyl (C=O) groups excluding carboxylic acids is 2. The fourth-order valence-corrected chi connectivity index (χ4v) is 18.0. The molecule has 14 heteroatoms. The van der Waals surface area contributed by atoms with Crippen molar-refractivity contribution < 1.29 is 55.0 Å². The van der Waals surface area contributed by atoms with Gasteiger partial charge in [0.2, 0.25) is 0 Å². The number of allylic oxidation sites excluding steroid dienone is 4. The number of aliphatic hydroxyl groups excluding tert-OH is 5. The van der Waals surface area contributed by atoms with Crippen molar-refractivity contribution >= 4 is 33.2 Å². The molecule has 3 saturated heterocycles. The molecule has 7 aliphatic carbocycles. The number of nitrogens with one attached hydrogen (secondary N) is 1. The number of quaternary nitrogens is 1. The number of carbonyl (C=O) groups is 2. The Hall–Kier alpha value is -1.04. The largest absolute Gasteiger partial charge is 0.511 e. The van der Waals surface area contributed by atoms with Gasteiger partial charge in [-0.15, -0.1) is 0 Å². The summed E-state index contributed by atoms with van der Waals surface area (Å²) in [6.45, 7) is 0.555. The lowest BCUT2D eigenvalue weighted by Gasteiger charge is -2.66. The Morgan fingerprint density at radius 3 is 2.59 bits per heavy atom. The number of piperidine rings is 1. The first-order valence-electron chi connectivity index (χ1n) is 23.1. The Kier molecular flexibility index (Phi) is 11.3. The van der Waals surface area contributed by atoms with E-state index in [4.69, 9.17) is 9.47 Å². The van der Waals surface area contributed by atoms with Gasteiger partial charge in [0.15, 0.2) is 12.1 Å². The SMILES string of the molecule is O=C1C2CCCC3O[C@@H]4O[C@]5(CO)CC[C@@H]([C@@]67CCC[C@H]6CCC6C[NH2+]C(CC67)NCSSC[C@@]6(C(=O)C32)C(O)=CC(CC2CCCC(CO)C2)=C[C@@H]16)[C@](O)([C@@H]5O)[C@H]4O. The third-order valence-corrected chi connectivity index (χ3v) is 20.6. The van der Waals surface area contributed by atoms with Crippen LogP contribution in [0.4, 0.5) is 0 Å². The highest BCUT2D eigenvalue weighted by Gasteiger charge is 2.74. The Labute approximate surface area is 355 Å². The van der Waals surface area contributed by atoms with Crippen LogP contribution in [0.3, 0.4) is 0 Å². The average molecular weight is 860 g/mol. The topological polar surface area (TPSA) is 203 Å². The van der Waals surface area contributed by atoms with Crippen molar-refractivity contribution in [3.63, 3.8) is 0 Å². The van der Waals surface area contributed by atoms with Gasteiger partial charge in [0.25, 0.3) is 0 Å². The van der Waals surface area contributed by atoms with Gasteiger partial charge in [0.1, 0.15) is 46.5 Å². The molecule has 59 heavy (non-hydrogen) atoms. The molecule has 328 valence electrons. The van der Waals surface area contributed by atoms with Crippen LogP contribution in [0.2, 0.25) is 0 Å². The van der Waals surface area contributed by atoms with Gasteiger partial charge in [-0.05, 0) is 117 Å². The highest BCUT2D eigenvalue weighted by Crippen LogP contribution is 2.68. The smallest absolute Gasteiger partial charge is 0.187 e. The molecule has 0 radical (unpaired) electrons. The van der Waals surface area contributed by atoms with E-state index in [0.717, 1.165) is 76.3 Å². The summed E-state index contributed by atoms with van der Waals surface area (Å²) in [6, 6.07) is 0. The predicted molar refractivity (Wildman–Crippen MR) is 221 cm³/mol. The first kappa shape index (κ1) is 41.9. The van der Waals surface area contributed by atoms with Crippen molar-refractivity contribution in [2.45, 2.75) is 145 Å². The molecule has 8 unspecified atom stereocenters. The minimum atomic E-state index is -2.04. The number of nitrogens with two attached hydrogens (primary N) is 1. The van der Waals surface area contributed by atoms with Crippen molar-refractivity contribution in [1.82, 2.24) is 5.32 Å². The van der Waals surface area contributed by atoms with Crippen LogP contribution in [0.1, 0.15) is 103 Å². The van der Waals surface area contributed by atoms with Crippen molar-refractivity contribution in [3.05, 3.63) is 23.5 Å². The number of hydrogen-bond donors (Lipinski definition) is 8. The highest BCUT2D eigenvalue weighted by atomic mass is 33.1. The molecule has 0 aromatic heterocycles. The Morgan fingerprint density at radius 1 is 0.932 bits per heavy atom. The summed E-state index contributed by atoms with van der Waals surface area (Å²) in [6.07, 6.45) is 11.4. The van der Waals surface area contributed by atoms with Gasteiger partial charge in [-0.3, -0.25) is 14.9 Å². The number of ether oxygens (including phenoxy) is 2. The highest BCUT2D eigenvalue weighted by molar-refractivity contribution is 8.76. The second kappa shape index (κ2) is 15.9. The second-order valence-electron chi connectivity index (χ2n) is 20.7. The molecule has 18 atom stereocenters. The van der Waals surface area contributed by atoms with Gasteiger partial charge in [0.05, 0.1) is 37.0 Å².